The van der Waals surface area contributed by atoms with Gasteiger partial charge in [-0.2, -0.15) is 4.98 Å². The summed E-state index contributed by atoms with van der Waals surface area (Å²) >= 11 is 9.39. The summed E-state index contributed by atoms with van der Waals surface area (Å²) in [6.07, 6.45) is -5.54. The molecule has 3 unspecified atom stereocenters. The highest BCUT2D eigenvalue weighted by atomic mass is 32.7. The number of ether oxygens (including phenoxy) is 2. The van der Waals surface area contributed by atoms with Crippen molar-refractivity contribution in [1.82, 2.24) is 35.0 Å². The number of aromatic nitrogens is 6. The van der Waals surface area contributed by atoms with Crippen molar-refractivity contribution in [3.8, 4) is 0 Å². The molecule has 3 fully saturated rings. The molecule has 3 aromatic rings. The second kappa shape index (κ2) is 11.0. The number of hydrogen-bond donors (Lipinski definition) is 7. The highest BCUT2D eigenvalue weighted by molar-refractivity contribution is 8.44. The monoisotopic (exact) mass is 709 g/mol. The lowest BCUT2D eigenvalue weighted by Crippen LogP contribution is -2.51. The van der Waals surface area contributed by atoms with E-state index < -0.39 is 74.8 Å². The topological polar surface area (TPSA) is 261 Å². The van der Waals surface area contributed by atoms with E-state index in [1.807, 2.05) is 0 Å². The van der Waals surface area contributed by atoms with Crippen molar-refractivity contribution >= 4 is 72.0 Å². The van der Waals surface area contributed by atoms with Crippen molar-refractivity contribution in [1.29, 1.82) is 0 Å². The van der Waals surface area contributed by atoms with Gasteiger partial charge in [0.05, 0.1) is 19.5 Å². The third-order valence-corrected chi connectivity index (χ3v) is 10.8. The number of H-pyrrole nitrogens is 1. The lowest BCUT2D eigenvalue weighted by Gasteiger charge is -2.34. The largest absolute Gasteiger partial charge is 0.386 e. The molecular formula is C20H26FN11O9P2S2. The minimum Gasteiger partial charge on any atom is -0.382 e. The zero-order valence-electron chi connectivity index (χ0n) is 22.9. The fourth-order valence-electron chi connectivity index (χ4n) is 5.42. The van der Waals surface area contributed by atoms with Crippen molar-refractivity contribution < 1.29 is 41.4 Å². The molecular weight excluding hydrogens is 683 g/mol. The maximum Gasteiger partial charge on any atom is 0.386 e. The summed E-state index contributed by atoms with van der Waals surface area (Å²) in [6.45, 7) is -7.99. The van der Waals surface area contributed by atoms with E-state index in [9.17, 15) is 14.3 Å². The number of thiol groups is 1. The summed E-state index contributed by atoms with van der Waals surface area (Å²) in [5, 5.41) is 1.13. The van der Waals surface area contributed by atoms with E-state index in [2.05, 4.69) is 48.1 Å². The zero-order chi connectivity index (χ0) is 31.9. The van der Waals surface area contributed by atoms with Crippen LogP contribution >= 0.6 is 25.8 Å². The number of hydrogen-bond acceptors (Lipinski definition) is 18. The maximum absolute atomic E-state index is 15.9. The van der Waals surface area contributed by atoms with Crippen LogP contribution in [0.2, 0.25) is 0 Å². The number of aromatic amines is 1. The number of rotatable bonds is 2. The Kier molecular flexibility index (Phi) is 7.62. The smallest absolute Gasteiger partial charge is 0.382 e. The first-order valence-electron chi connectivity index (χ1n) is 13.2. The normalized spacial score (nSPS) is 38.6. The van der Waals surface area contributed by atoms with E-state index in [-0.39, 0.29) is 29.7 Å². The van der Waals surface area contributed by atoms with Gasteiger partial charge in [0.2, 0.25) is 5.95 Å². The zero-order valence-corrected chi connectivity index (χ0v) is 26.4. The van der Waals surface area contributed by atoms with Gasteiger partial charge in [-0.1, -0.05) is 12.2 Å². The van der Waals surface area contributed by atoms with Crippen LogP contribution in [0.15, 0.2) is 17.4 Å². The van der Waals surface area contributed by atoms with Gasteiger partial charge in [-0.15, -0.1) is 5.53 Å². The molecule has 7 rings (SSSR count). The van der Waals surface area contributed by atoms with E-state index in [0.717, 1.165) is 5.01 Å². The molecule has 7 heterocycles. The van der Waals surface area contributed by atoms with Gasteiger partial charge in [-0.25, -0.2) is 28.9 Å². The van der Waals surface area contributed by atoms with E-state index in [0.29, 0.717) is 11.2 Å². The molecule has 0 spiro atoms. The van der Waals surface area contributed by atoms with Crippen LogP contribution in [-0.2, 0) is 43.9 Å². The van der Waals surface area contributed by atoms with Gasteiger partial charge in [0.1, 0.15) is 42.0 Å². The average molecular weight is 710 g/mol. The van der Waals surface area contributed by atoms with Crippen LogP contribution in [0.5, 0.6) is 0 Å². The summed E-state index contributed by atoms with van der Waals surface area (Å²) in [7, 11) is 0. The van der Waals surface area contributed by atoms with Crippen molar-refractivity contribution in [2.75, 3.05) is 35.1 Å². The van der Waals surface area contributed by atoms with Crippen molar-refractivity contribution in [2.45, 2.75) is 55.9 Å². The third-order valence-electron chi connectivity index (χ3n) is 7.60. The minimum atomic E-state index is -4.26. The van der Waals surface area contributed by atoms with Crippen LogP contribution in [0.4, 0.5) is 27.7 Å². The summed E-state index contributed by atoms with van der Waals surface area (Å²) in [4.78, 5) is 42.3. The van der Waals surface area contributed by atoms with E-state index in [4.69, 9.17) is 50.8 Å². The van der Waals surface area contributed by atoms with Crippen molar-refractivity contribution in [2.24, 2.45) is 0 Å². The summed E-state index contributed by atoms with van der Waals surface area (Å²) in [5.74, 6) is -0.128. The quantitative estimate of drug-likeness (QED) is 0.139. The summed E-state index contributed by atoms with van der Waals surface area (Å²) in [5.41, 5.74) is 15.5. The molecule has 20 nitrogen and oxygen atoms in total. The number of imidazole rings is 1. The van der Waals surface area contributed by atoms with Crippen LogP contribution < -0.4 is 33.0 Å². The number of fused-ring (bicyclic) bond motifs is 5. The predicted molar refractivity (Wildman–Crippen MR) is 160 cm³/mol. The average Bonchev–Trinajstić information content (AvgIpc) is 3.72. The first kappa shape index (κ1) is 31.1. The van der Waals surface area contributed by atoms with Gasteiger partial charge in [-0.05, 0) is 18.7 Å². The highest BCUT2D eigenvalue weighted by Gasteiger charge is 2.55. The molecule has 0 aromatic carbocycles. The standard InChI is InChI=1S/C20H26FN11O9P2S2/c1-20-4-37-43(35,45)41-13-10(21)7(38-18(13)32-16-12(29-30-32)17(33)28-19(23)27-16)3-36-42(34,44)40-8(20)2-9(39-20)31-6-26-11-14(22)24-5-25-15(11)31/h5-10,13,18,29-30H,2-4H2,1H3,(H,34,44)(H,35,45)(H2,22,24,25)(H3,23,27,28,33)/t7-,8+,9-,10+,13-,18?,20-,42?,43?/m1/s1. The van der Waals surface area contributed by atoms with E-state index >= 15 is 4.39 Å². The molecule has 9 atom stereocenters. The fraction of sp³-hybridized carbons (Fsp3) is 0.550. The minimum absolute atomic E-state index is 0.0456. The number of hydrazine groups is 2. The molecule has 25 heteroatoms. The predicted octanol–water partition coefficient (Wildman–Crippen LogP) is 0.238. The second-order valence-corrected chi connectivity index (χ2v) is 16.3. The van der Waals surface area contributed by atoms with Gasteiger partial charge in [0, 0.05) is 6.42 Å². The number of nitrogens with two attached hydrogens (primary N) is 2. The molecule has 0 amide bonds. The van der Waals surface area contributed by atoms with Crippen molar-refractivity contribution in [3.05, 3.63) is 23.0 Å². The molecule has 4 aliphatic rings. The summed E-state index contributed by atoms with van der Waals surface area (Å²) < 4.78 is 65.8. The van der Waals surface area contributed by atoms with Crippen LogP contribution in [0.1, 0.15) is 19.6 Å². The number of nitrogens with zero attached hydrogens (tertiary/aromatic N) is 6. The van der Waals surface area contributed by atoms with Gasteiger partial charge < -0.3 is 30.4 Å². The number of alkyl halides is 1. The maximum atomic E-state index is 15.9. The Morgan fingerprint density at radius 2 is 2.07 bits per heavy atom. The Morgan fingerprint density at radius 1 is 1.27 bits per heavy atom. The van der Waals surface area contributed by atoms with Crippen LogP contribution in [0.25, 0.3) is 11.2 Å². The fourth-order valence-corrected chi connectivity index (χ4v) is 8.45. The molecule has 3 saturated heterocycles. The molecule has 0 aliphatic carbocycles. The molecule has 0 saturated carbocycles. The molecule has 0 radical (unpaired) electrons. The van der Waals surface area contributed by atoms with Gasteiger partial charge in [-0.3, -0.25) is 33.3 Å². The summed E-state index contributed by atoms with van der Waals surface area (Å²) in [6, 6.07) is 0. The lowest BCUT2D eigenvalue weighted by molar-refractivity contribution is -0.110. The van der Waals surface area contributed by atoms with Crippen LogP contribution in [-0.4, -0.2) is 83.9 Å². The van der Waals surface area contributed by atoms with Crippen molar-refractivity contribution in [3.63, 3.8) is 0 Å². The third kappa shape index (κ3) is 5.59. The number of nitrogens with one attached hydrogen (secondary N) is 3. The molecule has 2 bridgehead atoms. The van der Waals surface area contributed by atoms with Gasteiger partial charge in [0.25, 0.3) is 5.56 Å². The Labute approximate surface area is 262 Å². The SMILES string of the molecule is C[C@@]12COP(O)(=S)O[C@H]3C(N4NNc5c4nc(N)[nH]c5=O)O[C@H](COP(=O)(S)O[C@H]1C[C@H](n1cnc4c(N)ncnc41)O2)[C@@H]3F. The van der Waals surface area contributed by atoms with Gasteiger partial charge in [0.15, 0.2) is 35.4 Å². The first-order chi connectivity index (χ1) is 21.2. The van der Waals surface area contributed by atoms with E-state index in [1.165, 1.54) is 12.7 Å². The first-order valence-corrected chi connectivity index (χ1v) is 18.4. The molecule has 4 aliphatic heterocycles. The van der Waals surface area contributed by atoms with Crippen LogP contribution in [0, 0.1) is 0 Å². The molecule has 244 valence electrons. The molecule has 8 N–H and O–H groups in total. The van der Waals surface area contributed by atoms with Crippen LogP contribution in [0.3, 0.4) is 0 Å². The Balaban J connectivity index is 1.19. The number of halogens is 1. The lowest BCUT2D eigenvalue weighted by atomic mass is 10.0. The number of nitrogen functional groups attached to an aromatic ring is 2. The molecule has 3 aromatic heterocycles. The Morgan fingerprint density at radius 3 is 2.87 bits per heavy atom. The Hall–Kier alpha value is -2.53. The second-order valence-electron chi connectivity index (χ2n) is 10.6. The molecule has 45 heavy (non-hydrogen) atoms. The highest BCUT2D eigenvalue weighted by Crippen LogP contribution is 2.59. The number of anilines is 4. The van der Waals surface area contributed by atoms with E-state index in [1.54, 1.807) is 11.5 Å². The Bertz CT molecular complexity index is 1820. The van der Waals surface area contributed by atoms with Gasteiger partial charge >= 0.3 is 13.5 Å².